The molecule has 0 saturated carbocycles. The van der Waals surface area contributed by atoms with Crippen molar-refractivity contribution in [1.29, 1.82) is 0 Å². The van der Waals surface area contributed by atoms with Crippen molar-refractivity contribution in [2.45, 2.75) is 13.0 Å². The van der Waals surface area contributed by atoms with E-state index in [2.05, 4.69) is 15.3 Å². The van der Waals surface area contributed by atoms with Crippen LogP contribution in [0.4, 0.5) is 8.78 Å². The van der Waals surface area contributed by atoms with Crippen molar-refractivity contribution >= 4 is 53.2 Å². The zero-order valence-corrected chi connectivity index (χ0v) is 16.2. The summed E-state index contributed by atoms with van der Waals surface area (Å²) in [7, 11) is 0. The number of hydrogen-bond donors (Lipinski definition) is 1. The van der Waals surface area contributed by atoms with Crippen LogP contribution in [0.2, 0.25) is 15.1 Å². The number of nitrogens with one attached hydrogen (secondary N) is 1. The normalized spacial score (nSPS) is 11.6. The Morgan fingerprint density at radius 2 is 2.00 bits per heavy atom. The van der Waals surface area contributed by atoms with Gasteiger partial charge in [-0.05, 0) is 36.5 Å². The van der Waals surface area contributed by atoms with Gasteiger partial charge >= 0.3 is 0 Å². The van der Waals surface area contributed by atoms with Gasteiger partial charge in [-0.3, -0.25) is 0 Å². The molecule has 1 aromatic carbocycles. The predicted molar refractivity (Wildman–Crippen MR) is 99.9 cm³/mol. The minimum Gasteiger partial charge on any atom is -0.483 e. The van der Waals surface area contributed by atoms with Gasteiger partial charge in [-0.2, -0.15) is 14.9 Å². The molecule has 0 fully saturated rings. The van der Waals surface area contributed by atoms with Crippen molar-refractivity contribution in [3.8, 4) is 5.75 Å². The molecule has 142 valence electrons. The summed E-state index contributed by atoms with van der Waals surface area (Å²) in [5.41, 5.74) is 0. The van der Waals surface area contributed by atoms with E-state index in [1.54, 1.807) is 12.1 Å². The van der Waals surface area contributed by atoms with Gasteiger partial charge in [0.15, 0.2) is 5.75 Å². The summed E-state index contributed by atoms with van der Waals surface area (Å²) in [4.78, 5) is 0. The van der Waals surface area contributed by atoms with Gasteiger partial charge in [0.1, 0.15) is 18.1 Å². The van der Waals surface area contributed by atoms with Crippen LogP contribution in [0.25, 0.3) is 0 Å². The Morgan fingerprint density at radius 3 is 2.67 bits per heavy atom. The van der Waals surface area contributed by atoms with E-state index in [1.807, 2.05) is 0 Å². The molecule has 0 aliphatic rings. The van der Waals surface area contributed by atoms with Gasteiger partial charge in [-0.1, -0.05) is 34.8 Å². The van der Waals surface area contributed by atoms with Crippen LogP contribution in [0.15, 0.2) is 33.8 Å². The molecule has 0 saturated heterocycles. The van der Waals surface area contributed by atoms with Crippen LogP contribution in [0, 0.1) is 4.77 Å². The number of aromatic nitrogens is 3. The highest BCUT2D eigenvalue weighted by molar-refractivity contribution is 7.71. The van der Waals surface area contributed by atoms with Crippen molar-refractivity contribution in [2.24, 2.45) is 5.10 Å². The third-order valence-electron chi connectivity index (χ3n) is 3.18. The third kappa shape index (κ3) is 4.67. The second-order valence-corrected chi connectivity index (χ2v) is 6.67. The van der Waals surface area contributed by atoms with Crippen LogP contribution in [-0.4, -0.2) is 21.1 Å². The fourth-order valence-electron chi connectivity index (χ4n) is 2.02. The first kappa shape index (κ1) is 19.8. The van der Waals surface area contributed by atoms with Gasteiger partial charge in [0.2, 0.25) is 10.6 Å². The summed E-state index contributed by atoms with van der Waals surface area (Å²) < 4.78 is 37.4. The largest absolute Gasteiger partial charge is 0.483 e. The van der Waals surface area contributed by atoms with Gasteiger partial charge in [0.05, 0.1) is 16.3 Å². The molecule has 0 spiro atoms. The summed E-state index contributed by atoms with van der Waals surface area (Å²) in [6, 6.07) is 6.21. The average Bonchev–Trinajstić information content (AvgIpc) is 3.18. The Morgan fingerprint density at radius 1 is 1.30 bits per heavy atom. The molecule has 0 atom stereocenters. The summed E-state index contributed by atoms with van der Waals surface area (Å²) in [6.45, 7) is 0.0301. The molecule has 0 bridgehead atoms. The van der Waals surface area contributed by atoms with Crippen molar-refractivity contribution in [1.82, 2.24) is 14.9 Å². The number of H-pyrrole nitrogens is 1. The molecule has 3 rings (SSSR count). The van der Waals surface area contributed by atoms with Crippen LogP contribution in [0.5, 0.6) is 5.75 Å². The number of hydrogen-bond acceptors (Lipinski definition) is 5. The molecule has 2 aromatic heterocycles. The number of rotatable bonds is 6. The van der Waals surface area contributed by atoms with Gasteiger partial charge < -0.3 is 9.15 Å². The maximum atomic E-state index is 12.8. The lowest BCUT2D eigenvalue weighted by atomic mass is 10.3. The summed E-state index contributed by atoms with van der Waals surface area (Å²) >= 11 is 22.8. The van der Waals surface area contributed by atoms with Gasteiger partial charge in [-0.15, -0.1) is 0 Å². The number of aromatic amines is 1. The monoisotopic (exact) mass is 452 g/mol. The Balaban J connectivity index is 1.71. The van der Waals surface area contributed by atoms with E-state index in [0.717, 1.165) is 4.68 Å². The van der Waals surface area contributed by atoms with E-state index < -0.39 is 12.2 Å². The van der Waals surface area contributed by atoms with Crippen LogP contribution >= 0.6 is 47.0 Å². The molecule has 0 amide bonds. The maximum Gasteiger partial charge on any atom is 0.299 e. The van der Waals surface area contributed by atoms with Crippen molar-refractivity contribution < 1.29 is 17.9 Å². The quantitative estimate of drug-likeness (QED) is 0.373. The highest BCUT2D eigenvalue weighted by atomic mass is 35.5. The Bertz CT molecular complexity index is 1020. The number of benzene rings is 1. The fourth-order valence-corrected chi connectivity index (χ4v) is 3.14. The number of alkyl halides is 2. The van der Waals surface area contributed by atoms with E-state index in [-0.39, 0.29) is 27.2 Å². The fraction of sp³-hybridized carbons (Fsp3) is 0.133. The number of ether oxygens (including phenoxy) is 1. The lowest BCUT2D eigenvalue weighted by molar-refractivity contribution is 0.136. The number of furan rings is 1. The van der Waals surface area contributed by atoms with Crippen molar-refractivity contribution in [3.63, 3.8) is 0 Å². The highest BCUT2D eigenvalue weighted by Crippen LogP contribution is 2.36. The molecule has 2 heterocycles. The minimum atomic E-state index is -2.83. The van der Waals surface area contributed by atoms with E-state index in [0.29, 0.717) is 16.5 Å². The highest BCUT2D eigenvalue weighted by Gasteiger charge is 2.16. The molecule has 1 N–H and O–H groups in total. The first-order valence-corrected chi connectivity index (χ1v) is 8.75. The summed E-state index contributed by atoms with van der Waals surface area (Å²) in [5, 5.41) is 10.4. The van der Waals surface area contributed by atoms with Gasteiger partial charge in [0.25, 0.3) is 6.43 Å². The molecule has 0 radical (unpaired) electrons. The van der Waals surface area contributed by atoms with E-state index in [4.69, 9.17) is 56.2 Å². The van der Waals surface area contributed by atoms with Gasteiger partial charge in [-0.25, -0.2) is 13.9 Å². The standard InChI is InChI=1S/C15H9Cl3F2N4O2S/c16-7-3-10(17)12(11(18)4-7)25-6-9-2-1-8(26-9)5-21-24-14(13(19)20)22-23-15(24)27/h1-5,13H,6H2,(H,23,27)/b21-5+. The first-order valence-electron chi connectivity index (χ1n) is 7.21. The number of nitrogens with zero attached hydrogens (tertiary/aromatic N) is 3. The van der Waals surface area contributed by atoms with E-state index in [9.17, 15) is 8.78 Å². The zero-order chi connectivity index (χ0) is 19.6. The Labute approximate surface area is 171 Å². The molecule has 0 unspecified atom stereocenters. The van der Waals surface area contributed by atoms with Crippen LogP contribution in [0.1, 0.15) is 23.8 Å². The first-order chi connectivity index (χ1) is 12.8. The average molecular weight is 454 g/mol. The number of halogens is 5. The molecule has 3 aromatic rings. The third-order valence-corrected chi connectivity index (χ3v) is 4.22. The molecule has 0 aliphatic heterocycles. The lowest BCUT2D eigenvalue weighted by Gasteiger charge is -2.08. The lowest BCUT2D eigenvalue weighted by Crippen LogP contribution is -1.99. The van der Waals surface area contributed by atoms with Crippen LogP contribution in [-0.2, 0) is 6.61 Å². The Kier molecular flexibility index (Phi) is 6.15. The molecule has 27 heavy (non-hydrogen) atoms. The van der Waals surface area contributed by atoms with Crippen LogP contribution < -0.4 is 4.74 Å². The topological polar surface area (TPSA) is 68.3 Å². The molecule has 12 heteroatoms. The Hall–Kier alpha value is -1.94. The van der Waals surface area contributed by atoms with Gasteiger partial charge in [0, 0.05) is 5.02 Å². The van der Waals surface area contributed by atoms with Crippen molar-refractivity contribution in [2.75, 3.05) is 0 Å². The minimum absolute atomic E-state index is 0.0301. The zero-order valence-electron chi connectivity index (χ0n) is 13.1. The summed E-state index contributed by atoms with van der Waals surface area (Å²) in [6.07, 6.45) is -1.60. The second-order valence-electron chi connectivity index (χ2n) is 5.04. The van der Waals surface area contributed by atoms with Crippen LogP contribution in [0.3, 0.4) is 0 Å². The SMILES string of the molecule is FC(F)c1n[nH]c(=S)n1/N=C/c1ccc(COc2c(Cl)cc(Cl)cc2Cl)o1. The molecular formula is C15H9Cl3F2N4O2S. The molecule has 0 aliphatic carbocycles. The van der Waals surface area contributed by atoms with Crippen molar-refractivity contribution in [3.05, 3.63) is 61.4 Å². The molecular weight excluding hydrogens is 445 g/mol. The predicted octanol–water partition coefficient (Wildman–Crippen LogP) is 5.89. The maximum absolute atomic E-state index is 12.8. The smallest absolute Gasteiger partial charge is 0.299 e. The second kappa shape index (κ2) is 8.39. The van der Waals surface area contributed by atoms with E-state index >= 15 is 0 Å². The van der Waals surface area contributed by atoms with E-state index in [1.165, 1.54) is 18.3 Å². The molecule has 6 nitrogen and oxygen atoms in total. The summed E-state index contributed by atoms with van der Waals surface area (Å²) in [5.74, 6) is 0.396.